The number of carbonyl (C=O) groups is 2. The first kappa shape index (κ1) is 23.0. The van der Waals surface area contributed by atoms with Crippen molar-refractivity contribution in [1.29, 1.82) is 5.26 Å². The lowest BCUT2D eigenvalue weighted by Crippen LogP contribution is -2.52. The summed E-state index contributed by atoms with van der Waals surface area (Å²) in [7, 11) is 1.30. The van der Waals surface area contributed by atoms with Gasteiger partial charge in [0, 0.05) is 39.8 Å². The van der Waals surface area contributed by atoms with Crippen molar-refractivity contribution in [1.82, 2.24) is 10.2 Å². The number of carbonyl (C=O) groups excluding carboxylic acids is 2. The van der Waals surface area contributed by atoms with Crippen molar-refractivity contribution in [3.8, 4) is 6.07 Å². The van der Waals surface area contributed by atoms with E-state index >= 15 is 0 Å². The summed E-state index contributed by atoms with van der Waals surface area (Å²) in [6.45, 7) is 2.96. The minimum absolute atomic E-state index is 0.218. The Labute approximate surface area is 181 Å². The number of benzene rings is 1. The molecule has 9 heteroatoms. The normalized spacial score (nSPS) is 19.0. The maximum atomic E-state index is 13.4. The summed E-state index contributed by atoms with van der Waals surface area (Å²) >= 11 is 0. The van der Waals surface area contributed by atoms with Crippen LogP contribution in [-0.4, -0.2) is 73.9 Å². The molecule has 2 atom stereocenters. The van der Waals surface area contributed by atoms with Crippen LogP contribution < -0.4 is 10.2 Å². The van der Waals surface area contributed by atoms with Gasteiger partial charge in [0.05, 0.1) is 11.3 Å². The largest absolute Gasteiger partial charge is 0.380 e. The van der Waals surface area contributed by atoms with Crippen LogP contribution in [0.25, 0.3) is 0 Å². The Kier molecular flexibility index (Phi) is 7.82. The fourth-order valence-electron chi connectivity index (χ4n) is 4.23. The van der Waals surface area contributed by atoms with E-state index in [2.05, 4.69) is 5.32 Å². The average Bonchev–Trinajstić information content (AvgIpc) is 3.33. The molecule has 0 aliphatic carbocycles. The molecule has 1 aromatic rings. The molecule has 0 aromatic heterocycles. The lowest BCUT2D eigenvalue weighted by Gasteiger charge is -2.34. The van der Waals surface area contributed by atoms with Crippen LogP contribution in [0.5, 0.6) is 0 Å². The second kappa shape index (κ2) is 10.6. The molecule has 2 amide bonds. The molecule has 31 heavy (non-hydrogen) atoms. The Morgan fingerprint density at radius 1 is 1.29 bits per heavy atom. The van der Waals surface area contributed by atoms with Crippen LogP contribution in [0.1, 0.15) is 31.2 Å². The van der Waals surface area contributed by atoms with Gasteiger partial charge in [0.15, 0.2) is 12.2 Å². The SMILES string of the molecule is CO[C@@H](C(=O)NCC1CCN(c2ccc(F)cc2C#N)CC1)[C@@H](O)C(=O)N1CCCC1. The smallest absolute Gasteiger partial charge is 0.254 e. The Morgan fingerprint density at radius 3 is 2.58 bits per heavy atom. The van der Waals surface area contributed by atoms with Gasteiger partial charge in [-0.25, -0.2) is 4.39 Å². The number of amides is 2. The quantitative estimate of drug-likeness (QED) is 0.667. The maximum absolute atomic E-state index is 13.4. The number of nitrogens with one attached hydrogen (secondary N) is 1. The summed E-state index contributed by atoms with van der Waals surface area (Å²) < 4.78 is 18.5. The van der Waals surface area contributed by atoms with Crippen LogP contribution in [0.2, 0.25) is 0 Å². The molecule has 0 bridgehead atoms. The Bertz CT molecular complexity index is 829. The molecule has 0 saturated carbocycles. The van der Waals surface area contributed by atoms with E-state index in [0.29, 0.717) is 38.3 Å². The zero-order valence-electron chi connectivity index (χ0n) is 17.7. The number of aliphatic hydroxyl groups is 1. The van der Waals surface area contributed by atoms with Crippen LogP contribution in [0.3, 0.4) is 0 Å². The molecule has 2 N–H and O–H groups in total. The van der Waals surface area contributed by atoms with Gasteiger partial charge in [0.2, 0.25) is 0 Å². The monoisotopic (exact) mass is 432 g/mol. The lowest BCUT2D eigenvalue weighted by atomic mass is 9.95. The lowest BCUT2D eigenvalue weighted by molar-refractivity contribution is -0.154. The minimum atomic E-state index is -1.52. The molecular formula is C22H29FN4O4. The summed E-state index contributed by atoms with van der Waals surface area (Å²) in [5.41, 5.74) is 1.03. The van der Waals surface area contributed by atoms with Gasteiger partial charge < -0.3 is 25.0 Å². The molecule has 1 aromatic carbocycles. The topological polar surface area (TPSA) is 106 Å². The van der Waals surface area contributed by atoms with Crippen molar-refractivity contribution in [3.05, 3.63) is 29.6 Å². The van der Waals surface area contributed by atoms with E-state index in [1.807, 2.05) is 11.0 Å². The standard InChI is InChI=1S/C22H29FN4O4/c1-31-20(19(28)22(30)27-8-2-3-9-27)21(29)25-14-15-6-10-26(11-7-15)18-5-4-17(23)12-16(18)13-24/h4-5,12,15,19-20,28H,2-3,6-11,14H2,1H3,(H,25,29)/t19-,20-/m1/s1. The van der Waals surface area contributed by atoms with Crippen molar-refractivity contribution in [3.63, 3.8) is 0 Å². The van der Waals surface area contributed by atoms with E-state index in [-0.39, 0.29) is 5.92 Å². The molecule has 2 aliphatic rings. The Morgan fingerprint density at radius 2 is 1.97 bits per heavy atom. The third-order valence-corrected chi connectivity index (χ3v) is 6.07. The summed E-state index contributed by atoms with van der Waals surface area (Å²) in [6.07, 6.45) is 0.604. The van der Waals surface area contributed by atoms with Crippen molar-refractivity contribution in [2.24, 2.45) is 5.92 Å². The second-order valence-electron chi connectivity index (χ2n) is 8.08. The number of likely N-dealkylation sites (tertiary alicyclic amines) is 1. The van der Waals surface area contributed by atoms with Crippen LogP contribution >= 0.6 is 0 Å². The van der Waals surface area contributed by atoms with Gasteiger partial charge in [0.25, 0.3) is 11.8 Å². The number of nitrogens with zero attached hydrogens (tertiary/aromatic N) is 3. The number of methoxy groups -OCH3 is 1. The van der Waals surface area contributed by atoms with Gasteiger partial charge in [0.1, 0.15) is 11.9 Å². The van der Waals surface area contributed by atoms with Gasteiger partial charge in [-0.1, -0.05) is 0 Å². The minimum Gasteiger partial charge on any atom is -0.380 e. The van der Waals surface area contributed by atoms with Crippen molar-refractivity contribution < 1.29 is 23.8 Å². The molecule has 8 nitrogen and oxygen atoms in total. The summed E-state index contributed by atoms with van der Waals surface area (Å²) in [5.74, 6) is -1.19. The van der Waals surface area contributed by atoms with Crippen LogP contribution in [0.15, 0.2) is 18.2 Å². The molecule has 0 spiro atoms. The van der Waals surface area contributed by atoms with E-state index in [4.69, 9.17) is 4.74 Å². The van der Waals surface area contributed by atoms with Gasteiger partial charge in [-0.3, -0.25) is 9.59 Å². The number of halogens is 1. The van der Waals surface area contributed by atoms with E-state index in [1.165, 1.54) is 19.2 Å². The number of ether oxygens (including phenoxy) is 1. The number of hydrogen-bond donors (Lipinski definition) is 2. The third kappa shape index (κ3) is 5.51. The molecule has 2 heterocycles. The third-order valence-electron chi connectivity index (χ3n) is 6.07. The van der Waals surface area contributed by atoms with E-state index in [9.17, 15) is 24.3 Å². The average molecular weight is 432 g/mol. The molecule has 168 valence electrons. The van der Waals surface area contributed by atoms with Crippen molar-refractivity contribution in [2.75, 3.05) is 44.7 Å². The molecule has 2 saturated heterocycles. The van der Waals surface area contributed by atoms with E-state index < -0.39 is 29.8 Å². The Hall–Kier alpha value is -2.70. The highest BCUT2D eigenvalue weighted by Crippen LogP contribution is 2.26. The Balaban J connectivity index is 1.49. The first-order valence-electron chi connectivity index (χ1n) is 10.7. The van der Waals surface area contributed by atoms with Crippen LogP contribution in [0, 0.1) is 23.1 Å². The number of aliphatic hydroxyl groups excluding tert-OH is 1. The highest BCUT2D eigenvalue weighted by molar-refractivity contribution is 5.91. The molecule has 2 aliphatic heterocycles. The molecular weight excluding hydrogens is 403 g/mol. The number of nitriles is 1. The molecule has 0 unspecified atom stereocenters. The maximum Gasteiger partial charge on any atom is 0.254 e. The number of rotatable bonds is 7. The predicted octanol–water partition coefficient (Wildman–Crippen LogP) is 1.03. The van der Waals surface area contributed by atoms with Crippen molar-refractivity contribution >= 4 is 17.5 Å². The van der Waals surface area contributed by atoms with E-state index in [1.54, 1.807) is 11.0 Å². The summed E-state index contributed by atoms with van der Waals surface area (Å²) in [4.78, 5) is 28.5. The highest BCUT2D eigenvalue weighted by Gasteiger charge is 2.36. The van der Waals surface area contributed by atoms with Crippen molar-refractivity contribution in [2.45, 2.75) is 37.9 Å². The molecule has 2 fully saturated rings. The van der Waals surface area contributed by atoms with E-state index in [0.717, 1.165) is 31.4 Å². The van der Waals surface area contributed by atoms with Gasteiger partial charge in [-0.15, -0.1) is 0 Å². The zero-order chi connectivity index (χ0) is 22.4. The molecule has 0 radical (unpaired) electrons. The second-order valence-corrected chi connectivity index (χ2v) is 8.08. The zero-order valence-corrected chi connectivity index (χ0v) is 17.7. The predicted molar refractivity (Wildman–Crippen MR) is 112 cm³/mol. The first-order chi connectivity index (χ1) is 14.9. The van der Waals surface area contributed by atoms with Gasteiger partial charge in [-0.2, -0.15) is 5.26 Å². The first-order valence-corrected chi connectivity index (χ1v) is 10.7. The van der Waals surface area contributed by atoms with Gasteiger partial charge in [-0.05, 0) is 49.8 Å². The number of piperidine rings is 1. The van der Waals surface area contributed by atoms with Gasteiger partial charge >= 0.3 is 0 Å². The summed E-state index contributed by atoms with van der Waals surface area (Å²) in [5, 5.41) is 22.4. The number of hydrogen-bond acceptors (Lipinski definition) is 6. The summed E-state index contributed by atoms with van der Waals surface area (Å²) in [6, 6.07) is 6.25. The molecule has 3 rings (SSSR count). The number of anilines is 1. The van der Waals surface area contributed by atoms with Crippen LogP contribution in [0.4, 0.5) is 10.1 Å². The highest BCUT2D eigenvalue weighted by atomic mass is 19.1. The van der Waals surface area contributed by atoms with Crippen LogP contribution in [-0.2, 0) is 14.3 Å². The fourth-order valence-corrected chi connectivity index (χ4v) is 4.23. The fraction of sp³-hybridized carbons (Fsp3) is 0.591.